The summed E-state index contributed by atoms with van der Waals surface area (Å²) in [4.78, 5) is 10.9. The molecule has 0 N–H and O–H groups in total. The largest absolute Gasteiger partial charge is 0.445 e. The predicted octanol–water partition coefficient (Wildman–Crippen LogP) is 3.62. The van der Waals surface area contributed by atoms with E-state index in [0.29, 0.717) is 5.92 Å². The Balaban J connectivity index is 2.79. The molecular formula is C15H18ClNO2. The van der Waals surface area contributed by atoms with Gasteiger partial charge in [0.05, 0.1) is 0 Å². The monoisotopic (exact) mass is 279 g/mol. The van der Waals surface area contributed by atoms with Gasteiger partial charge in [-0.1, -0.05) is 38.1 Å². The molecule has 0 aliphatic rings. The van der Waals surface area contributed by atoms with Gasteiger partial charge in [0, 0.05) is 6.92 Å². The highest BCUT2D eigenvalue weighted by Gasteiger charge is 2.23. The van der Waals surface area contributed by atoms with E-state index in [-0.39, 0.29) is 0 Å². The molecule has 1 rings (SSSR count). The molecule has 0 radical (unpaired) electrons. The first kappa shape index (κ1) is 15.5. The third-order valence-electron chi connectivity index (χ3n) is 2.63. The van der Waals surface area contributed by atoms with Gasteiger partial charge in [-0.05, 0) is 23.5 Å². The lowest BCUT2D eigenvalue weighted by Crippen LogP contribution is -2.19. The van der Waals surface area contributed by atoms with E-state index in [2.05, 4.69) is 13.8 Å². The molecule has 4 heteroatoms. The molecule has 0 saturated carbocycles. The number of rotatable bonds is 5. The number of ether oxygens (including phenoxy) is 1. The van der Waals surface area contributed by atoms with Crippen molar-refractivity contribution in [1.29, 1.82) is 5.26 Å². The lowest BCUT2D eigenvalue weighted by molar-refractivity contribution is -0.143. The van der Waals surface area contributed by atoms with E-state index in [0.717, 1.165) is 12.0 Å². The lowest BCUT2D eigenvalue weighted by atomic mass is 10.00. The van der Waals surface area contributed by atoms with Crippen LogP contribution in [0, 0.1) is 17.2 Å². The van der Waals surface area contributed by atoms with Gasteiger partial charge in [0.1, 0.15) is 11.4 Å². The second-order valence-corrected chi connectivity index (χ2v) is 5.37. The number of benzene rings is 1. The number of hydrogen-bond donors (Lipinski definition) is 0. The summed E-state index contributed by atoms with van der Waals surface area (Å²) in [5.41, 5.74) is 2.01. The van der Waals surface area contributed by atoms with Crippen LogP contribution in [0.25, 0.3) is 0 Å². The highest BCUT2D eigenvalue weighted by molar-refractivity contribution is 6.21. The minimum absolute atomic E-state index is 0.506. The van der Waals surface area contributed by atoms with Crippen molar-refractivity contribution in [2.75, 3.05) is 0 Å². The minimum Gasteiger partial charge on any atom is -0.445 e. The van der Waals surface area contributed by atoms with Crippen LogP contribution >= 0.6 is 11.6 Å². The van der Waals surface area contributed by atoms with Crippen molar-refractivity contribution in [1.82, 2.24) is 0 Å². The third kappa shape index (κ3) is 4.92. The summed E-state index contributed by atoms with van der Waals surface area (Å²) in [7, 11) is 0. The van der Waals surface area contributed by atoms with Crippen LogP contribution in [-0.2, 0) is 16.0 Å². The number of carbonyl (C=O) groups excluding carboxylic acids is 1. The maximum absolute atomic E-state index is 10.9. The fourth-order valence-electron chi connectivity index (χ4n) is 1.81. The summed E-state index contributed by atoms with van der Waals surface area (Å²) in [6.45, 7) is 5.58. The van der Waals surface area contributed by atoms with Gasteiger partial charge >= 0.3 is 5.97 Å². The molecule has 1 aromatic rings. The van der Waals surface area contributed by atoms with Gasteiger partial charge in [0.25, 0.3) is 0 Å². The number of hydrogen-bond acceptors (Lipinski definition) is 3. The van der Waals surface area contributed by atoms with Crippen molar-refractivity contribution in [3.8, 4) is 6.07 Å². The topological polar surface area (TPSA) is 50.1 Å². The van der Waals surface area contributed by atoms with Crippen molar-refractivity contribution in [3.63, 3.8) is 0 Å². The number of nitrogens with zero attached hydrogens (tertiary/aromatic N) is 1. The van der Waals surface area contributed by atoms with E-state index in [1.54, 1.807) is 0 Å². The number of alkyl halides is 1. The van der Waals surface area contributed by atoms with Gasteiger partial charge in [0.15, 0.2) is 0 Å². The van der Waals surface area contributed by atoms with E-state index >= 15 is 0 Å². The van der Waals surface area contributed by atoms with Gasteiger partial charge in [-0.25, -0.2) is 0 Å². The molecule has 0 aliphatic carbocycles. The summed E-state index contributed by atoms with van der Waals surface area (Å²) in [6, 6.07) is 9.65. The fraction of sp³-hybridized carbons (Fsp3) is 0.467. The average Bonchev–Trinajstić information content (AvgIpc) is 2.35. The smallest absolute Gasteiger partial charge is 0.304 e. The van der Waals surface area contributed by atoms with Crippen LogP contribution in [0.5, 0.6) is 0 Å². The third-order valence-corrected chi connectivity index (χ3v) is 3.11. The second kappa shape index (κ2) is 7.16. The Morgan fingerprint density at radius 2 is 1.95 bits per heavy atom. The SMILES string of the molecule is CC(=O)OC(C#N)C(Cl)c1ccc(CC(C)C)cc1. The number of nitriles is 1. The van der Waals surface area contributed by atoms with Crippen LogP contribution in [-0.4, -0.2) is 12.1 Å². The highest BCUT2D eigenvalue weighted by Crippen LogP contribution is 2.27. The summed E-state index contributed by atoms with van der Waals surface area (Å²) < 4.78 is 4.88. The van der Waals surface area contributed by atoms with Crippen LogP contribution < -0.4 is 0 Å². The first-order chi connectivity index (χ1) is 8.93. The quantitative estimate of drug-likeness (QED) is 0.611. The maximum Gasteiger partial charge on any atom is 0.304 e. The fourth-order valence-corrected chi connectivity index (χ4v) is 2.07. The molecule has 0 amide bonds. The molecular weight excluding hydrogens is 262 g/mol. The maximum atomic E-state index is 10.9. The first-order valence-electron chi connectivity index (χ1n) is 6.23. The van der Waals surface area contributed by atoms with Crippen molar-refractivity contribution in [3.05, 3.63) is 35.4 Å². The van der Waals surface area contributed by atoms with Crippen LogP contribution in [0.4, 0.5) is 0 Å². The van der Waals surface area contributed by atoms with Crippen LogP contribution in [0.1, 0.15) is 37.3 Å². The van der Waals surface area contributed by atoms with Crippen molar-refractivity contribution in [2.24, 2.45) is 5.92 Å². The van der Waals surface area contributed by atoms with Crippen LogP contribution in [0.3, 0.4) is 0 Å². The Labute approximate surface area is 119 Å². The van der Waals surface area contributed by atoms with Gasteiger partial charge in [-0.15, -0.1) is 11.6 Å². The van der Waals surface area contributed by atoms with Crippen molar-refractivity contribution in [2.45, 2.75) is 38.7 Å². The van der Waals surface area contributed by atoms with Crippen LogP contribution in [0.2, 0.25) is 0 Å². The molecule has 3 nitrogen and oxygen atoms in total. The molecule has 0 bridgehead atoms. The average molecular weight is 280 g/mol. The van der Waals surface area contributed by atoms with E-state index in [1.807, 2.05) is 30.3 Å². The standard InChI is InChI=1S/C15H18ClNO2/c1-10(2)8-12-4-6-13(7-5-12)15(16)14(9-17)19-11(3)18/h4-7,10,14-15H,8H2,1-3H3. The number of halogens is 1. The highest BCUT2D eigenvalue weighted by atomic mass is 35.5. The zero-order chi connectivity index (χ0) is 14.4. The van der Waals surface area contributed by atoms with Gasteiger partial charge in [-0.2, -0.15) is 5.26 Å². The first-order valence-corrected chi connectivity index (χ1v) is 6.67. The molecule has 0 aromatic heterocycles. The number of carbonyl (C=O) groups is 1. The molecule has 0 saturated heterocycles. The molecule has 102 valence electrons. The summed E-state index contributed by atoms with van der Waals surface area (Å²) >= 11 is 6.17. The molecule has 1 aromatic carbocycles. The van der Waals surface area contributed by atoms with Gasteiger partial charge in [0.2, 0.25) is 6.10 Å². The summed E-state index contributed by atoms with van der Waals surface area (Å²) in [5.74, 6) is 0.0826. The van der Waals surface area contributed by atoms with E-state index in [9.17, 15) is 4.79 Å². The second-order valence-electron chi connectivity index (χ2n) is 4.90. The van der Waals surface area contributed by atoms with Gasteiger partial charge < -0.3 is 4.74 Å². The van der Waals surface area contributed by atoms with Crippen molar-refractivity contribution < 1.29 is 9.53 Å². The predicted molar refractivity (Wildman–Crippen MR) is 74.7 cm³/mol. The number of esters is 1. The minimum atomic E-state index is -0.963. The Kier molecular flexibility index (Phi) is 5.85. The molecule has 0 heterocycles. The van der Waals surface area contributed by atoms with Crippen LogP contribution in [0.15, 0.2) is 24.3 Å². The van der Waals surface area contributed by atoms with Crippen molar-refractivity contribution >= 4 is 17.6 Å². The Hall–Kier alpha value is -1.53. The molecule has 0 aliphatic heterocycles. The molecule has 0 spiro atoms. The zero-order valence-corrected chi connectivity index (χ0v) is 12.1. The van der Waals surface area contributed by atoms with E-state index in [1.165, 1.54) is 12.5 Å². The Bertz CT molecular complexity index is 462. The molecule has 2 unspecified atom stereocenters. The van der Waals surface area contributed by atoms with E-state index in [4.69, 9.17) is 21.6 Å². The summed E-state index contributed by atoms with van der Waals surface area (Å²) in [6.07, 6.45) is 0.0360. The lowest BCUT2D eigenvalue weighted by Gasteiger charge is -2.16. The summed E-state index contributed by atoms with van der Waals surface area (Å²) in [5, 5.41) is 8.32. The molecule has 19 heavy (non-hydrogen) atoms. The normalized spacial score (nSPS) is 13.7. The zero-order valence-electron chi connectivity index (χ0n) is 11.4. The molecule has 0 fully saturated rings. The Morgan fingerprint density at radius 1 is 1.37 bits per heavy atom. The van der Waals surface area contributed by atoms with E-state index < -0.39 is 17.5 Å². The molecule has 2 atom stereocenters. The Morgan fingerprint density at radius 3 is 2.37 bits per heavy atom. The van der Waals surface area contributed by atoms with Gasteiger partial charge in [-0.3, -0.25) is 4.79 Å².